The van der Waals surface area contributed by atoms with Crippen molar-refractivity contribution in [3.8, 4) is 0 Å². The fraction of sp³-hybridized carbons (Fsp3) is 0.417. The van der Waals surface area contributed by atoms with Gasteiger partial charge >= 0.3 is 0 Å². The summed E-state index contributed by atoms with van der Waals surface area (Å²) in [4.78, 5) is 11.0. The molecule has 1 saturated carbocycles. The highest BCUT2D eigenvalue weighted by atomic mass is 35.5. The van der Waals surface area contributed by atoms with Gasteiger partial charge in [0.1, 0.15) is 0 Å². The Morgan fingerprint density at radius 1 is 1.40 bits per heavy atom. The van der Waals surface area contributed by atoms with Crippen molar-refractivity contribution in [2.45, 2.75) is 25.2 Å². The number of rotatable bonds is 4. The minimum Gasteiger partial charge on any atom is -0.370 e. The summed E-state index contributed by atoms with van der Waals surface area (Å²) in [5, 5.41) is 0.729. The molecule has 0 saturated heterocycles. The molecule has 2 N–H and O–H groups in total. The van der Waals surface area contributed by atoms with E-state index in [2.05, 4.69) is 0 Å². The summed E-state index contributed by atoms with van der Waals surface area (Å²) >= 11 is 5.83. The fourth-order valence-corrected chi connectivity index (χ4v) is 2.11. The van der Waals surface area contributed by atoms with Crippen LogP contribution in [0.5, 0.6) is 0 Å². The molecule has 1 aromatic carbocycles. The van der Waals surface area contributed by atoms with Gasteiger partial charge in [0.25, 0.3) is 0 Å². The second-order valence-corrected chi connectivity index (χ2v) is 4.60. The molecule has 2 rings (SSSR count). The molecule has 3 heteroatoms. The Bertz CT molecular complexity index is 356. The Morgan fingerprint density at radius 3 is 2.47 bits per heavy atom. The average molecular weight is 224 g/mol. The Kier molecular flexibility index (Phi) is 2.96. The molecule has 1 amide bonds. The van der Waals surface area contributed by atoms with Crippen LogP contribution in [-0.4, -0.2) is 5.91 Å². The SMILES string of the molecule is NC(=O)C[C@H](c1ccc(Cl)cc1)C1CC1. The summed E-state index contributed by atoms with van der Waals surface area (Å²) in [7, 11) is 0. The first-order chi connectivity index (χ1) is 7.16. The van der Waals surface area contributed by atoms with Gasteiger partial charge < -0.3 is 5.73 Å². The highest BCUT2D eigenvalue weighted by Crippen LogP contribution is 2.44. The van der Waals surface area contributed by atoms with Crippen LogP contribution < -0.4 is 5.73 Å². The van der Waals surface area contributed by atoms with Gasteiger partial charge in [-0.2, -0.15) is 0 Å². The number of hydrogen-bond donors (Lipinski definition) is 1. The van der Waals surface area contributed by atoms with Crippen LogP contribution in [0.2, 0.25) is 5.02 Å². The maximum atomic E-state index is 11.0. The van der Waals surface area contributed by atoms with Gasteiger partial charge in [-0.15, -0.1) is 0 Å². The molecule has 80 valence electrons. The van der Waals surface area contributed by atoms with Crippen molar-refractivity contribution < 1.29 is 4.79 Å². The Labute approximate surface area is 94.4 Å². The van der Waals surface area contributed by atoms with Crippen LogP contribution in [0.15, 0.2) is 24.3 Å². The van der Waals surface area contributed by atoms with Crippen molar-refractivity contribution in [3.63, 3.8) is 0 Å². The van der Waals surface area contributed by atoms with E-state index in [1.807, 2.05) is 24.3 Å². The second kappa shape index (κ2) is 4.23. The minimum atomic E-state index is -0.221. The first kappa shape index (κ1) is 10.5. The topological polar surface area (TPSA) is 43.1 Å². The maximum absolute atomic E-state index is 11.0. The zero-order valence-electron chi connectivity index (χ0n) is 8.45. The Balaban J connectivity index is 2.16. The molecule has 0 aliphatic heterocycles. The Morgan fingerprint density at radius 2 is 2.00 bits per heavy atom. The van der Waals surface area contributed by atoms with Crippen LogP contribution in [0.25, 0.3) is 0 Å². The normalized spacial score (nSPS) is 17.4. The average Bonchev–Trinajstić information content (AvgIpc) is 2.99. The molecule has 0 unspecified atom stereocenters. The molecule has 1 aliphatic rings. The van der Waals surface area contributed by atoms with Crippen molar-refractivity contribution in [2.24, 2.45) is 11.7 Å². The molecule has 0 heterocycles. The number of carbonyl (C=O) groups is 1. The van der Waals surface area contributed by atoms with E-state index in [0.29, 0.717) is 18.3 Å². The molecule has 2 nitrogen and oxygen atoms in total. The van der Waals surface area contributed by atoms with Crippen molar-refractivity contribution in [3.05, 3.63) is 34.9 Å². The number of hydrogen-bond acceptors (Lipinski definition) is 1. The van der Waals surface area contributed by atoms with Crippen molar-refractivity contribution in [2.75, 3.05) is 0 Å². The van der Waals surface area contributed by atoms with E-state index < -0.39 is 0 Å². The molecular weight excluding hydrogens is 210 g/mol. The predicted octanol–water partition coefficient (Wildman–Crippen LogP) is 2.71. The molecule has 1 fully saturated rings. The monoisotopic (exact) mass is 223 g/mol. The number of benzene rings is 1. The van der Waals surface area contributed by atoms with Crippen molar-refractivity contribution >= 4 is 17.5 Å². The lowest BCUT2D eigenvalue weighted by Crippen LogP contribution is -2.16. The highest BCUT2D eigenvalue weighted by Gasteiger charge is 2.33. The highest BCUT2D eigenvalue weighted by molar-refractivity contribution is 6.30. The molecule has 0 bridgehead atoms. The van der Waals surface area contributed by atoms with Crippen LogP contribution in [0.4, 0.5) is 0 Å². The van der Waals surface area contributed by atoms with Crippen LogP contribution >= 0.6 is 11.6 Å². The van der Waals surface area contributed by atoms with Crippen LogP contribution in [0.3, 0.4) is 0 Å². The van der Waals surface area contributed by atoms with Gasteiger partial charge in [-0.05, 0) is 42.4 Å². The van der Waals surface area contributed by atoms with E-state index in [-0.39, 0.29) is 5.91 Å². The molecule has 1 aliphatic carbocycles. The zero-order valence-corrected chi connectivity index (χ0v) is 9.20. The van der Waals surface area contributed by atoms with E-state index in [9.17, 15) is 4.79 Å². The molecular formula is C12H14ClNO. The number of amides is 1. The largest absolute Gasteiger partial charge is 0.370 e. The third kappa shape index (κ3) is 2.72. The molecule has 0 aromatic heterocycles. The molecule has 1 aromatic rings. The molecule has 15 heavy (non-hydrogen) atoms. The van der Waals surface area contributed by atoms with Gasteiger partial charge in [-0.1, -0.05) is 23.7 Å². The first-order valence-electron chi connectivity index (χ1n) is 5.20. The zero-order chi connectivity index (χ0) is 10.8. The summed E-state index contributed by atoms with van der Waals surface area (Å²) in [5.74, 6) is 0.709. The Hall–Kier alpha value is -1.02. The van der Waals surface area contributed by atoms with Gasteiger partial charge in [0.05, 0.1) is 0 Å². The van der Waals surface area contributed by atoms with Crippen LogP contribution in [-0.2, 0) is 4.79 Å². The van der Waals surface area contributed by atoms with Crippen LogP contribution in [0, 0.1) is 5.92 Å². The standard InChI is InChI=1S/C12H14ClNO/c13-10-5-3-9(4-6-10)11(7-12(14)15)8-1-2-8/h3-6,8,11H,1-2,7H2,(H2,14,15)/t11-/m0/s1. The van der Waals surface area contributed by atoms with E-state index >= 15 is 0 Å². The van der Waals surface area contributed by atoms with Gasteiger partial charge in [0.2, 0.25) is 5.91 Å². The van der Waals surface area contributed by atoms with Crippen molar-refractivity contribution in [1.29, 1.82) is 0 Å². The minimum absolute atomic E-state index is 0.221. The van der Waals surface area contributed by atoms with Crippen LogP contribution in [0.1, 0.15) is 30.7 Å². The number of primary amides is 1. The van der Waals surface area contributed by atoms with Gasteiger partial charge in [0, 0.05) is 11.4 Å². The lowest BCUT2D eigenvalue weighted by Gasteiger charge is -2.14. The predicted molar refractivity (Wildman–Crippen MR) is 60.7 cm³/mol. The lowest BCUT2D eigenvalue weighted by molar-refractivity contribution is -0.118. The molecule has 1 atom stereocenters. The van der Waals surface area contributed by atoms with Gasteiger partial charge in [0.15, 0.2) is 0 Å². The molecule has 0 spiro atoms. The second-order valence-electron chi connectivity index (χ2n) is 4.17. The third-order valence-corrected chi connectivity index (χ3v) is 3.16. The summed E-state index contributed by atoms with van der Waals surface area (Å²) in [6.45, 7) is 0. The van der Waals surface area contributed by atoms with E-state index in [0.717, 1.165) is 5.02 Å². The maximum Gasteiger partial charge on any atom is 0.218 e. The number of nitrogens with two attached hydrogens (primary N) is 1. The molecule has 0 radical (unpaired) electrons. The quantitative estimate of drug-likeness (QED) is 0.838. The van der Waals surface area contributed by atoms with Crippen molar-refractivity contribution in [1.82, 2.24) is 0 Å². The number of carbonyl (C=O) groups excluding carboxylic acids is 1. The van der Waals surface area contributed by atoms with E-state index in [1.54, 1.807) is 0 Å². The fourth-order valence-electron chi connectivity index (χ4n) is 1.98. The summed E-state index contributed by atoms with van der Waals surface area (Å²) < 4.78 is 0. The van der Waals surface area contributed by atoms with E-state index in [1.165, 1.54) is 18.4 Å². The third-order valence-electron chi connectivity index (χ3n) is 2.91. The smallest absolute Gasteiger partial charge is 0.218 e. The van der Waals surface area contributed by atoms with Gasteiger partial charge in [-0.25, -0.2) is 0 Å². The number of halogens is 1. The lowest BCUT2D eigenvalue weighted by atomic mass is 9.91. The summed E-state index contributed by atoms with van der Waals surface area (Å²) in [6, 6.07) is 7.73. The summed E-state index contributed by atoms with van der Waals surface area (Å²) in [5.41, 5.74) is 6.44. The summed E-state index contributed by atoms with van der Waals surface area (Å²) in [6.07, 6.45) is 2.87. The van der Waals surface area contributed by atoms with E-state index in [4.69, 9.17) is 17.3 Å². The van der Waals surface area contributed by atoms with Gasteiger partial charge in [-0.3, -0.25) is 4.79 Å². The first-order valence-corrected chi connectivity index (χ1v) is 5.58.